The lowest BCUT2D eigenvalue weighted by Gasteiger charge is -2.20. The molecule has 0 aromatic heterocycles. The Hall–Kier alpha value is -3.39. The van der Waals surface area contributed by atoms with Crippen LogP contribution in [0.2, 0.25) is 5.02 Å². The number of carbonyl (C=O) groups is 4. The van der Waals surface area contributed by atoms with E-state index in [1.165, 1.54) is 0 Å². The van der Waals surface area contributed by atoms with Crippen molar-refractivity contribution in [3.8, 4) is 17.2 Å². The number of ether oxygens (including phenoxy) is 2. The van der Waals surface area contributed by atoms with Crippen molar-refractivity contribution < 1.29 is 38.9 Å². The molecule has 0 radical (unpaired) electrons. The Labute approximate surface area is 247 Å². The lowest BCUT2D eigenvalue weighted by molar-refractivity contribution is -0.134. The molecule has 0 aliphatic heterocycles. The van der Waals surface area contributed by atoms with Crippen molar-refractivity contribution in [3.63, 3.8) is 0 Å². The third-order valence-electron chi connectivity index (χ3n) is 6.64. The first-order chi connectivity index (χ1) is 19.7. The third-order valence-corrected chi connectivity index (χ3v) is 6.87. The van der Waals surface area contributed by atoms with E-state index in [0.717, 1.165) is 38.5 Å². The molecule has 224 valence electrons. The summed E-state index contributed by atoms with van der Waals surface area (Å²) in [5, 5.41) is 22.4. The predicted octanol–water partition coefficient (Wildman–Crippen LogP) is 8.12. The standard InChI is InChI=1S/C32H41ClO8/c1-4-7-10-16-23(34)26-28(32(39)40-20-21-14-13-15-22(33)19-21)27(24(35)17-11-8-5-2)31(30(38)29(26)37)41-25(36)18-12-9-6-3/h13-15,19,37-38H,4-12,16-18,20H2,1-3H3. The fourth-order valence-electron chi connectivity index (χ4n) is 4.40. The van der Waals surface area contributed by atoms with E-state index in [1.54, 1.807) is 24.3 Å². The van der Waals surface area contributed by atoms with Gasteiger partial charge >= 0.3 is 11.9 Å². The quantitative estimate of drug-likeness (QED) is 0.0587. The van der Waals surface area contributed by atoms with Gasteiger partial charge < -0.3 is 19.7 Å². The van der Waals surface area contributed by atoms with Gasteiger partial charge in [0.1, 0.15) is 6.61 Å². The molecular weight excluding hydrogens is 548 g/mol. The number of esters is 2. The van der Waals surface area contributed by atoms with Gasteiger partial charge in [-0.25, -0.2) is 4.79 Å². The van der Waals surface area contributed by atoms with E-state index in [1.807, 2.05) is 20.8 Å². The van der Waals surface area contributed by atoms with Crippen LogP contribution in [0.15, 0.2) is 24.3 Å². The van der Waals surface area contributed by atoms with Crippen LogP contribution in [0.3, 0.4) is 0 Å². The maximum Gasteiger partial charge on any atom is 0.340 e. The lowest BCUT2D eigenvalue weighted by Crippen LogP contribution is -2.21. The van der Waals surface area contributed by atoms with Crippen molar-refractivity contribution in [1.82, 2.24) is 0 Å². The van der Waals surface area contributed by atoms with Crippen LogP contribution < -0.4 is 4.74 Å². The number of hydrogen-bond donors (Lipinski definition) is 2. The van der Waals surface area contributed by atoms with Gasteiger partial charge in [0.05, 0.1) is 16.7 Å². The van der Waals surface area contributed by atoms with Crippen molar-refractivity contribution >= 4 is 35.1 Å². The summed E-state index contributed by atoms with van der Waals surface area (Å²) in [5.41, 5.74) is -0.903. The molecule has 0 atom stereocenters. The molecule has 0 fully saturated rings. The van der Waals surface area contributed by atoms with Crippen molar-refractivity contribution in [3.05, 3.63) is 51.5 Å². The molecule has 0 unspecified atom stereocenters. The molecule has 0 saturated carbocycles. The van der Waals surface area contributed by atoms with E-state index in [0.29, 0.717) is 29.8 Å². The molecule has 2 aromatic carbocycles. The molecule has 0 amide bonds. The monoisotopic (exact) mass is 588 g/mol. The van der Waals surface area contributed by atoms with Crippen LogP contribution in [0.25, 0.3) is 0 Å². The number of halogens is 1. The summed E-state index contributed by atoms with van der Waals surface area (Å²) in [6.45, 7) is 5.66. The molecule has 2 rings (SSSR count). The number of phenols is 2. The number of rotatable bonds is 18. The van der Waals surface area contributed by atoms with E-state index < -0.39 is 57.4 Å². The van der Waals surface area contributed by atoms with E-state index in [-0.39, 0.29) is 25.9 Å². The van der Waals surface area contributed by atoms with Gasteiger partial charge in [0.2, 0.25) is 5.75 Å². The number of phenolic OH excluding ortho intramolecular Hbond substituents is 2. The molecule has 8 nitrogen and oxygen atoms in total. The van der Waals surface area contributed by atoms with Gasteiger partial charge in [-0.05, 0) is 37.0 Å². The highest BCUT2D eigenvalue weighted by atomic mass is 35.5. The van der Waals surface area contributed by atoms with Crippen LogP contribution in [0, 0.1) is 0 Å². The Bertz CT molecular complexity index is 1220. The predicted molar refractivity (Wildman–Crippen MR) is 157 cm³/mol. The molecule has 0 bridgehead atoms. The van der Waals surface area contributed by atoms with Crippen LogP contribution in [0.1, 0.15) is 134 Å². The Morgan fingerprint density at radius 1 is 0.732 bits per heavy atom. The highest BCUT2D eigenvalue weighted by Crippen LogP contribution is 2.46. The molecular formula is C32H41ClO8. The van der Waals surface area contributed by atoms with Crippen LogP contribution >= 0.6 is 11.6 Å². The molecule has 41 heavy (non-hydrogen) atoms. The number of Topliss-reactive ketones (excluding diaryl/α,β-unsaturated/α-hetero) is 2. The summed E-state index contributed by atoms with van der Waals surface area (Å²) in [5.74, 6) is -5.55. The average Bonchev–Trinajstić information content (AvgIpc) is 2.94. The molecule has 0 saturated heterocycles. The molecule has 0 spiro atoms. The number of ketones is 2. The fraction of sp³-hybridized carbons (Fsp3) is 0.500. The highest BCUT2D eigenvalue weighted by molar-refractivity contribution is 6.30. The zero-order chi connectivity index (χ0) is 30.4. The number of carbonyl (C=O) groups excluding carboxylic acids is 4. The van der Waals surface area contributed by atoms with Crippen molar-refractivity contribution in [2.75, 3.05) is 0 Å². The Morgan fingerprint density at radius 3 is 1.85 bits per heavy atom. The Morgan fingerprint density at radius 2 is 1.29 bits per heavy atom. The SMILES string of the molecule is CCCCCC(=O)Oc1c(O)c(O)c(C(=O)CCCCC)c(C(=O)OCc2cccc(Cl)c2)c1C(=O)CCCCC. The lowest BCUT2D eigenvalue weighted by atomic mass is 9.89. The minimum atomic E-state index is -1.07. The minimum absolute atomic E-state index is 0.00372. The van der Waals surface area contributed by atoms with E-state index in [9.17, 15) is 29.4 Å². The Balaban J connectivity index is 2.69. The number of benzene rings is 2. The molecule has 9 heteroatoms. The fourth-order valence-corrected chi connectivity index (χ4v) is 4.61. The van der Waals surface area contributed by atoms with Gasteiger partial charge in [-0.3, -0.25) is 14.4 Å². The number of hydrogen-bond acceptors (Lipinski definition) is 8. The summed E-state index contributed by atoms with van der Waals surface area (Å²) in [4.78, 5) is 53.3. The average molecular weight is 589 g/mol. The normalized spacial score (nSPS) is 10.8. The summed E-state index contributed by atoms with van der Waals surface area (Å²) in [6.07, 6.45) is 6.12. The zero-order valence-electron chi connectivity index (χ0n) is 24.2. The van der Waals surface area contributed by atoms with Gasteiger partial charge in [-0.2, -0.15) is 0 Å². The molecule has 2 N–H and O–H groups in total. The molecule has 0 aliphatic carbocycles. The number of unbranched alkanes of at least 4 members (excludes halogenated alkanes) is 6. The smallest absolute Gasteiger partial charge is 0.340 e. The van der Waals surface area contributed by atoms with E-state index in [2.05, 4.69) is 0 Å². The van der Waals surface area contributed by atoms with Gasteiger partial charge in [0.25, 0.3) is 0 Å². The van der Waals surface area contributed by atoms with Gasteiger partial charge in [-0.15, -0.1) is 0 Å². The second kappa shape index (κ2) is 17.4. The summed E-state index contributed by atoms with van der Waals surface area (Å²) < 4.78 is 10.9. The second-order valence-corrected chi connectivity index (χ2v) is 10.5. The zero-order valence-corrected chi connectivity index (χ0v) is 25.0. The second-order valence-electron chi connectivity index (χ2n) is 10.0. The summed E-state index contributed by atoms with van der Waals surface area (Å²) in [6, 6.07) is 6.62. The summed E-state index contributed by atoms with van der Waals surface area (Å²) in [7, 11) is 0. The van der Waals surface area contributed by atoms with Crippen molar-refractivity contribution in [1.29, 1.82) is 0 Å². The first-order valence-corrected chi connectivity index (χ1v) is 14.8. The molecule has 0 heterocycles. The Kier molecular flexibility index (Phi) is 14.4. The number of aromatic hydroxyl groups is 2. The first-order valence-electron chi connectivity index (χ1n) is 14.5. The van der Waals surface area contributed by atoms with E-state index in [4.69, 9.17) is 21.1 Å². The van der Waals surface area contributed by atoms with Gasteiger partial charge in [-0.1, -0.05) is 83.0 Å². The summed E-state index contributed by atoms with van der Waals surface area (Å²) >= 11 is 6.05. The largest absolute Gasteiger partial charge is 0.504 e. The first kappa shape index (κ1) is 33.8. The maximum absolute atomic E-state index is 13.6. The van der Waals surface area contributed by atoms with Gasteiger partial charge in [0.15, 0.2) is 23.1 Å². The molecule has 0 aliphatic rings. The van der Waals surface area contributed by atoms with Gasteiger partial charge in [0, 0.05) is 24.3 Å². The highest BCUT2D eigenvalue weighted by Gasteiger charge is 2.36. The minimum Gasteiger partial charge on any atom is -0.504 e. The van der Waals surface area contributed by atoms with Crippen molar-refractivity contribution in [2.45, 2.75) is 104 Å². The van der Waals surface area contributed by atoms with Crippen LogP contribution in [-0.4, -0.2) is 33.7 Å². The molecule has 2 aromatic rings. The van der Waals surface area contributed by atoms with Crippen molar-refractivity contribution in [2.24, 2.45) is 0 Å². The topological polar surface area (TPSA) is 127 Å². The maximum atomic E-state index is 13.6. The van der Waals surface area contributed by atoms with E-state index >= 15 is 0 Å². The third kappa shape index (κ3) is 9.88. The van der Waals surface area contributed by atoms with Crippen LogP contribution in [-0.2, 0) is 16.1 Å². The van der Waals surface area contributed by atoms with Crippen LogP contribution in [0.4, 0.5) is 0 Å². The van der Waals surface area contributed by atoms with Crippen LogP contribution in [0.5, 0.6) is 17.2 Å².